The van der Waals surface area contributed by atoms with Crippen LogP contribution < -0.4 is 5.73 Å². The minimum absolute atomic E-state index is 0.0358. The summed E-state index contributed by atoms with van der Waals surface area (Å²) in [4.78, 5) is 11.1. The number of nitrogens with two attached hydrogens (primary N) is 1. The summed E-state index contributed by atoms with van der Waals surface area (Å²) in [6.45, 7) is 4.14. The molecule has 0 spiro atoms. The van der Waals surface area contributed by atoms with E-state index in [-0.39, 0.29) is 11.8 Å². The lowest BCUT2D eigenvalue weighted by Gasteiger charge is -2.20. The van der Waals surface area contributed by atoms with Crippen molar-refractivity contribution in [1.29, 1.82) is 0 Å². The molecule has 1 amide bonds. The predicted octanol–water partition coefficient (Wildman–Crippen LogP) is 2.67. The summed E-state index contributed by atoms with van der Waals surface area (Å²) in [7, 11) is 0. The number of carbonyl (C=O) groups excluding carboxylic acids is 1. The number of unbranched alkanes of at least 4 members (excludes halogenated alkanes) is 1. The number of rotatable bonds is 8. The molecule has 3 heteroatoms. The van der Waals surface area contributed by atoms with E-state index in [0.717, 1.165) is 18.6 Å². The molecule has 0 aromatic heterocycles. The molecule has 1 unspecified atom stereocenters. The van der Waals surface area contributed by atoms with Crippen molar-refractivity contribution in [3.05, 3.63) is 0 Å². The van der Waals surface area contributed by atoms with Crippen LogP contribution in [0, 0.1) is 11.8 Å². The van der Waals surface area contributed by atoms with Gasteiger partial charge in [-0.05, 0) is 30.8 Å². The molecule has 0 aromatic rings. The SMILES string of the molecule is CCCC[C@@H](CCSC)C(C)C(N)=O. The van der Waals surface area contributed by atoms with Gasteiger partial charge in [-0.3, -0.25) is 4.79 Å². The Labute approximate surface area is 92.0 Å². The van der Waals surface area contributed by atoms with Crippen LogP contribution in [0.3, 0.4) is 0 Å². The Morgan fingerprint density at radius 2 is 2.07 bits per heavy atom. The Bertz CT molecular complexity index is 153. The summed E-state index contributed by atoms with van der Waals surface area (Å²) in [6.07, 6.45) is 6.76. The first-order chi connectivity index (χ1) is 6.63. The minimum Gasteiger partial charge on any atom is -0.369 e. The molecule has 0 aromatic carbocycles. The quantitative estimate of drug-likeness (QED) is 0.679. The molecule has 0 bridgehead atoms. The van der Waals surface area contributed by atoms with Gasteiger partial charge in [-0.1, -0.05) is 26.7 Å². The molecule has 14 heavy (non-hydrogen) atoms. The maximum atomic E-state index is 11.1. The summed E-state index contributed by atoms with van der Waals surface area (Å²) in [5.41, 5.74) is 5.33. The van der Waals surface area contributed by atoms with Gasteiger partial charge < -0.3 is 5.73 Å². The second kappa shape index (κ2) is 8.16. The van der Waals surface area contributed by atoms with Crippen LogP contribution in [0.5, 0.6) is 0 Å². The molecule has 2 atom stereocenters. The van der Waals surface area contributed by atoms with Crippen LogP contribution in [0.4, 0.5) is 0 Å². The van der Waals surface area contributed by atoms with E-state index in [2.05, 4.69) is 13.2 Å². The summed E-state index contributed by atoms with van der Waals surface area (Å²) >= 11 is 1.84. The van der Waals surface area contributed by atoms with E-state index in [1.807, 2.05) is 18.7 Å². The number of amides is 1. The molecule has 0 aliphatic heterocycles. The van der Waals surface area contributed by atoms with Gasteiger partial charge in [0.25, 0.3) is 0 Å². The average Bonchev–Trinajstić information content (AvgIpc) is 2.17. The molecular formula is C11H23NOS. The monoisotopic (exact) mass is 217 g/mol. The lowest BCUT2D eigenvalue weighted by atomic mass is 9.87. The molecule has 0 fully saturated rings. The fourth-order valence-corrected chi connectivity index (χ4v) is 2.15. The first-order valence-corrected chi connectivity index (χ1v) is 6.81. The van der Waals surface area contributed by atoms with E-state index in [1.165, 1.54) is 12.8 Å². The first-order valence-electron chi connectivity index (χ1n) is 5.41. The Morgan fingerprint density at radius 1 is 1.43 bits per heavy atom. The van der Waals surface area contributed by atoms with Gasteiger partial charge in [0.15, 0.2) is 0 Å². The molecule has 0 heterocycles. The smallest absolute Gasteiger partial charge is 0.220 e. The van der Waals surface area contributed by atoms with Crippen LogP contribution >= 0.6 is 11.8 Å². The highest BCUT2D eigenvalue weighted by Crippen LogP contribution is 2.23. The Morgan fingerprint density at radius 3 is 2.50 bits per heavy atom. The van der Waals surface area contributed by atoms with Crippen molar-refractivity contribution < 1.29 is 4.79 Å². The maximum Gasteiger partial charge on any atom is 0.220 e. The molecule has 2 N–H and O–H groups in total. The maximum absolute atomic E-state index is 11.1. The van der Waals surface area contributed by atoms with Crippen LogP contribution in [0.1, 0.15) is 39.5 Å². The molecule has 0 saturated heterocycles. The number of carbonyl (C=O) groups is 1. The summed E-state index contributed by atoms with van der Waals surface area (Å²) in [6, 6.07) is 0. The highest BCUT2D eigenvalue weighted by Gasteiger charge is 2.20. The predicted molar refractivity (Wildman–Crippen MR) is 64.4 cm³/mol. The van der Waals surface area contributed by atoms with Gasteiger partial charge in [0.05, 0.1) is 0 Å². The van der Waals surface area contributed by atoms with Gasteiger partial charge in [0.1, 0.15) is 0 Å². The molecule has 0 saturated carbocycles. The van der Waals surface area contributed by atoms with E-state index in [0.29, 0.717) is 5.92 Å². The van der Waals surface area contributed by atoms with Crippen molar-refractivity contribution in [2.75, 3.05) is 12.0 Å². The first kappa shape index (κ1) is 13.8. The zero-order valence-corrected chi connectivity index (χ0v) is 10.4. The summed E-state index contributed by atoms with van der Waals surface area (Å²) in [5.74, 6) is 1.51. The van der Waals surface area contributed by atoms with Gasteiger partial charge in [-0.25, -0.2) is 0 Å². The standard InChI is InChI=1S/C11H23NOS/c1-4-5-6-10(7-8-14-3)9(2)11(12)13/h9-10H,4-8H2,1-3H3,(H2,12,13)/t9?,10-/m0/s1. The molecule has 0 aliphatic carbocycles. The Balaban J connectivity index is 4.01. The highest BCUT2D eigenvalue weighted by molar-refractivity contribution is 7.98. The topological polar surface area (TPSA) is 43.1 Å². The van der Waals surface area contributed by atoms with Crippen LogP contribution in [0.25, 0.3) is 0 Å². The molecular weight excluding hydrogens is 194 g/mol. The number of thioether (sulfide) groups is 1. The third-order valence-corrected chi connectivity index (χ3v) is 3.42. The van der Waals surface area contributed by atoms with Gasteiger partial charge in [-0.2, -0.15) is 11.8 Å². The second-order valence-corrected chi connectivity index (χ2v) is 4.86. The van der Waals surface area contributed by atoms with Gasteiger partial charge in [0, 0.05) is 5.92 Å². The normalized spacial score (nSPS) is 15.1. The van der Waals surface area contributed by atoms with Crippen molar-refractivity contribution >= 4 is 17.7 Å². The van der Waals surface area contributed by atoms with Crippen LogP contribution in [-0.2, 0) is 4.79 Å². The van der Waals surface area contributed by atoms with Gasteiger partial charge in [0.2, 0.25) is 5.91 Å². The Hall–Kier alpha value is -0.180. The molecule has 0 aliphatic rings. The average molecular weight is 217 g/mol. The number of primary amides is 1. The van der Waals surface area contributed by atoms with Gasteiger partial charge >= 0.3 is 0 Å². The van der Waals surface area contributed by atoms with Crippen molar-refractivity contribution in [3.63, 3.8) is 0 Å². The van der Waals surface area contributed by atoms with Gasteiger partial charge in [-0.15, -0.1) is 0 Å². The minimum atomic E-state index is -0.146. The third kappa shape index (κ3) is 5.53. The third-order valence-electron chi connectivity index (χ3n) is 2.78. The fraction of sp³-hybridized carbons (Fsp3) is 0.909. The number of hydrogen-bond donors (Lipinski definition) is 1. The van der Waals surface area contributed by atoms with Crippen molar-refractivity contribution in [1.82, 2.24) is 0 Å². The molecule has 2 nitrogen and oxygen atoms in total. The van der Waals surface area contributed by atoms with E-state index in [9.17, 15) is 4.79 Å². The lowest BCUT2D eigenvalue weighted by Crippen LogP contribution is -2.28. The molecule has 0 radical (unpaired) electrons. The van der Waals surface area contributed by atoms with Crippen LogP contribution in [-0.4, -0.2) is 17.9 Å². The largest absolute Gasteiger partial charge is 0.369 e. The van der Waals surface area contributed by atoms with E-state index >= 15 is 0 Å². The fourth-order valence-electron chi connectivity index (χ4n) is 1.61. The van der Waals surface area contributed by atoms with Crippen LogP contribution in [0.2, 0.25) is 0 Å². The Kier molecular flexibility index (Phi) is 8.05. The summed E-state index contributed by atoms with van der Waals surface area (Å²) < 4.78 is 0. The van der Waals surface area contributed by atoms with Crippen molar-refractivity contribution in [2.45, 2.75) is 39.5 Å². The molecule has 0 rings (SSSR count). The second-order valence-electron chi connectivity index (χ2n) is 3.87. The zero-order chi connectivity index (χ0) is 11.0. The van der Waals surface area contributed by atoms with E-state index < -0.39 is 0 Å². The van der Waals surface area contributed by atoms with Crippen molar-refractivity contribution in [2.24, 2.45) is 17.6 Å². The lowest BCUT2D eigenvalue weighted by molar-refractivity contribution is -0.122. The highest BCUT2D eigenvalue weighted by atomic mass is 32.2. The molecule has 84 valence electrons. The van der Waals surface area contributed by atoms with E-state index in [4.69, 9.17) is 5.73 Å². The summed E-state index contributed by atoms with van der Waals surface area (Å²) in [5, 5.41) is 0. The van der Waals surface area contributed by atoms with Crippen molar-refractivity contribution in [3.8, 4) is 0 Å². The number of hydrogen-bond acceptors (Lipinski definition) is 2. The zero-order valence-electron chi connectivity index (χ0n) is 9.58. The van der Waals surface area contributed by atoms with E-state index in [1.54, 1.807) is 0 Å². The van der Waals surface area contributed by atoms with Crippen LogP contribution in [0.15, 0.2) is 0 Å².